The van der Waals surface area contributed by atoms with Crippen LogP contribution in [0.1, 0.15) is 176 Å². The van der Waals surface area contributed by atoms with Gasteiger partial charge in [0.05, 0.1) is 11.6 Å². The molecule has 6 N–H and O–H groups in total. The Morgan fingerprint density at radius 3 is 1.08 bits per heavy atom. The van der Waals surface area contributed by atoms with Crippen LogP contribution < -0.4 is 36.3 Å². The predicted molar refractivity (Wildman–Crippen MR) is 196 cm³/mol. The third-order valence-corrected chi connectivity index (χ3v) is 19.4. The molecule has 4 heteroatoms. The van der Waals surface area contributed by atoms with Gasteiger partial charge in [0, 0.05) is 19.3 Å². The van der Waals surface area contributed by atoms with Crippen LogP contribution in [-0.2, 0) is 0 Å². The first kappa shape index (κ1) is 39.2. The van der Waals surface area contributed by atoms with Crippen LogP contribution in [-0.4, -0.2) is 11.6 Å². The minimum atomic E-state index is 0. The Kier molecular flexibility index (Phi) is 10.9. The zero-order valence-corrected chi connectivity index (χ0v) is 32.0. The highest BCUT2D eigenvalue weighted by Gasteiger charge is 2.63. The van der Waals surface area contributed by atoms with E-state index in [0.717, 1.165) is 75.5 Å². The first-order valence-corrected chi connectivity index (χ1v) is 21.3. The lowest BCUT2D eigenvalue weighted by atomic mass is 9.38. The molecule has 15 aliphatic carbocycles. The number of quaternary nitrogens is 2. The van der Waals surface area contributed by atoms with Gasteiger partial charge in [-0.25, -0.2) is 0 Å². The van der Waals surface area contributed by atoms with Crippen molar-refractivity contribution in [2.24, 2.45) is 93.2 Å². The average molecular weight is 720 g/mol. The molecule has 0 saturated heterocycles. The molecule has 2 nitrogen and oxygen atoms in total. The fourth-order valence-corrected chi connectivity index (χ4v) is 18.4. The Balaban J connectivity index is 0.000000123. The lowest BCUT2D eigenvalue weighted by molar-refractivity contribution is -0.472. The molecule has 0 aliphatic heterocycles. The summed E-state index contributed by atoms with van der Waals surface area (Å²) in [5.41, 5.74) is 11.7. The first-order valence-electron chi connectivity index (χ1n) is 21.3. The highest BCUT2D eigenvalue weighted by Crippen LogP contribution is 2.71. The highest BCUT2D eigenvalue weighted by molar-refractivity contribution is 5.12. The third-order valence-electron chi connectivity index (χ3n) is 19.4. The summed E-state index contributed by atoms with van der Waals surface area (Å²) in [5, 5.41) is 0. The smallest absolute Gasteiger partial charge is 0.0923 e. The zero-order valence-electron chi connectivity index (χ0n) is 30.5. The van der Waals surface area contributed by atoms with Gasteiger partial charge in [-0.2, -0.15) is 0 Å². The van der Waals surface area contributed by atoms with Crippen LogP contribution in [0.5, 0.6) is 0 Å². The van der Waals surface area contributed by atoms with Crippen molar-refractivity contribution in [1.29, 1.82) is 0 Å². The molecule has 2 unspecified atom stereocenters. The van der Waals surface area contributed by atoms with Gasteiger partial charge in [-0.3, -0.25) is 0 Å². The van der Waals surface area contributed by atoms with Crippen molar-refractivity contribution in [3.63, 3.8) is 0 Å². The number of rotatable bonds is 0. The fraction of sp³-hybridized carbons (Fsp3) is 1.00. The molecule has 284 valence electrons. The van der Waals surface area contributed by atoms with E-state index in [1.165, 1.54) is 62.2 Å². The van der Waals surface area contributed by atoms with Gasteiger partial charge < -0.3 is 36.3 Å². The van der Waals surface area contributed by atoms with E-state index < -0.39 is 0 Å². The maximum absolute atomic E-state index is 4.48. The lowest BCUT2D eigenvalue weighted by Crippen LogP contribution is -3.00. The molecule has 15 saturated carbocycles. The Bertz CT molecular complexity index is 1070. The van der Waals surface area contributed by atoms with Crippen molar-refractivity contribution in [3.05, 3.63) is 0 Å². The summed E-state index contributed by atoms with van der Waals surface area (Å²) < 4.78 is 0. The van der Waals surface area contributed by atoms with E-state index in [4.69, 9.17) is 0 Å². The van der Waals surface area contributed by atoms with E-state index in [2.05, 4.69) is 25.3 Å². The molecule has 2 atom stereocenters. The van der Waals surface area contributed by atoms with E-state index in [-0.39, 0.29) is 39.7 Å². The van der Waals surface area contributed by atoms with Gasteiger partial charge in [0.2, 0.25) is 0 Å². The Morgan fingerprint density at radius 1 is 0.449 bits per heavy atom. The maximum atomic E-state index is 4.48. The van der Waals surface area contributed by atoms with Gasteiger partial charge in [-0.15, -0.1) is 0 Å². The third kappa shape index (κ3) is 6.16. The summed E-state index contributed by atoms with van der Waals surface area (Å²) in [7, 11) is 0. The van der Waals surface area contributed by atoms with Crippen LogP contribution in [0, 0.1) is 93.2 Å². The van der Waals surface area contributed by atoms with E-state index in [1.807, 2.05) is 0 Å². The van der Waals surface area contributed by atoms with Gasteiger partial charge in [0.15, 0.2) is 0 Å². The number of hydrogen-bond donors (Lipinski definition) is 2. The fourth-order valence-electron chi connectivity index (χ4n) is 18.4. The second-order valence-corrected chi connectivity index (χ2v) is 22.2. The molecular weight excluding hydrogens is 639 g/mol. The molecule has 0 radical (unpaired) electrons. The predicted octanol–water partition coefficient (Wildman–Crippen LogP) is 3.98. The van der Waals surface area contributed by atoms with Gasteiger partial charge in [-0.1, -0.05) is 21.8 Å². The maximum Gasteiger partial charge on any atom is 0.0923 e. The number of hydrogen-bond acceptors (Lipinski definition) is 0. The summed E-state index contributed by atoms with van der Waals surface area (Å²) in [5.74, 6) is 14.7. The van der Waals surface area contributed by atoms with Crippen molar-refractivity contribution in [1.82, 2.24) is 0 Å². The van der Waals surface area contributed by atoms with Gasteiger partial charge in [0.1, 0.15) is 0 Å². The van der Waals surface area contributed by atoms with E-state index in [1.54, 1.807) is 109 Å². The molecule has 15 rings (SSSR count). The van der Waals surface area contributed by atoms with Gasteiger partial charge in [0.25, 0.3) is 0 Å². The molecular formula is C45H80Cl2N2. The normalized spacial score (nSPS) is 58.0. The van der Waals surface area contributed by atoms with E-state index >= 15 is 0 Å². The van der Waals surface area contributed by atoms with Crippen LogP contribution in [0.2, 0.25) is 0 Å². The van der Waals surface area contributed by atoms with Crippen molar-refractivity contribution in [2.75, 3.05) is 0 Å². The highest BCUT2D eigenvalue weighted by atomic mass is 35.5. The van der Waals surface area contributed by atoms with Crippen molar-refractivity contribution < 1.29 is 36.3 Å². The van der Waals surface area contributed by atoms with E-state index in [9.17, 15) is 0 Å². The van der Waals surface area contributed by atoms with E-state index in [0.29, 0.717) is 5.54 Å². The Hall–Kier alpha value is 0.500. The summed E-state index contributed by atoms with van der Waals surface area (Å²) >= 11 is 0. The molecule has 49 heavy (non-hydrogen) atoms. The summed E-state index contributed by atoms with van der Waals surface area (Å²) in [6.45, 7) is 4.88. The molecule has 0 heterocycles. The first-order chi connectivity index (χ1) is 21.6. The Morgan fingerprint density at radius 2 is 0.796 bits per heavy atom. The standard InChI is InChI=1S/C15H25N.C14H23N.C14H22.2CH4.2ClH/c1-14(16)2-3-15(9-14)12-5-10-4-11(7-12)8-13(15)6-10;15-13-1-2-14(8-13)11-4-9-3-10(6-11)7-12(14)5-9;1-9-7-14(8-9)12-3-10-2-11(5-12)6-13(14)4-10;;;;/h10-13H,2-9,16H2,1H3;9-13H,1-8,15H2;9-13H,2-8H2,1H3;2*1H4;2*1H. The lowest BCUT2D eigenvalue weighted by Gasteiger charge is -2.67. The van der Waals surface area contributed by atoms with Crippen LogP contribution >= 0.6 is 0 Å². The molecule has 0 amide bonds. The van der Waals surface area contributed by atoms with Crippen molar-refractivity contribution >= 4 is 0 Å². The second-order valence-electron chi connectivity index (χ2n) is 22.2. The van der Waals surface area contributed by atoms with Crippen LogP contribution in [0.15, 0.2) is 0 Å². The summed E-state index contributed by atoms with van der Waals surface area (Å²) in [4.78, 5) is 0. The molecule has 0 aromatic carbocycles. The van der Waals surface area contributed by atoms with Crippen LogP contribution in [0.25, 0.3) is 0 Å². The van der Waals surface area contributed by atoms with Crippen molar-refractivity contribution in [3.8, 4) is 0 Å². The molecule has 3 spiro atoms. The molecule has 15 fully saturated rings. The van der Waals surface area contributed by atoms with Crippen LogP contribution in [0.4, 0.5) is 0 Å². The summed E-state index contributed by atoms with van der Waals surface area (Å²) in [6, 6.07) is 0.794. The molecule has 12 bridgehead atoms. The monoisotopic (exact) mass is 719 g/mol. The minimum absolute atomic E-state index is 0. The largest absolute Gasteiger partial charge is 1.00 e. The molecule has 0 aromatic rings. The quantitative estimate of drug-likeness (QED) is 0.381. The minimum Gasteiger partial charge on any atom is -1.00 e. The Labute approximate surface area is 316 Å². The van der Waals surface area contributed by atoms with Crippen molar-refractivity contribution in [2.45, 2.75) is 188 Å². The zero-order chi connectivity index (χ0) is 30.3. The molecule has 0 aromatic heterocycles. The average Bonchev–Trinajstić information content (AvgIpc) is 3.52. The summed E-state index contributed by atoms with van der Waals surface area (Å²) in [6.07, 6.45) is 36.0. The SMILES string of the molecule is C.C.CC1([NH3+])CCC2(C1)C1CC3CC(C1)CC2C3.CC1CC2(C1)C1CC3CC(C1)CC2C3.[Cl-].[Cl-].[NH3+]C1CCC2(C1)C1CC3CC(C1)CC2C3. The van der Waals surface area contributed by atoms with Gasteiger partial charge in [-0.05, 0) is 229 Å². The molecule has 15 aliphatic rings. The van der Waals surface area contributed by atoms with Gasteiger partial charge >= 0.3 is 0 Å². The topological polar surface area (TPSA) is 55.3 Å². The number of halogens is 2. The second kappa shape index (κ2) is 13.7. The van der Waals surface area contributed by atoms with Crippen LogP contribution in [0.3, 0.4) is 0 Å².